The summed E-state index contributed by atoms with van der Waals surface area (Å²) in [5.41, 5.74) is 2.17. The van der Waals surface area contributed by atoms with Crippen molar-refractivity contribution >= 4 is 0 Å². The van der Waals surface area contributed by atoms with Crippen molar-refractivity contribution in [2.45, 2.75) is 43.6 Å². The van der Waals surface area contributed by atoms with Gasteiger partial charge in [0.25, 0.3) is 0 Å². The third-order valence-electron chi connectivity index (χ3n) is 4.61. The molecule has 104 valence electrons. The van der Waals surface area contributed by atoms with E-state index in [-0.39, 0.29) is 11.5 Å². The Morgan fingerprint density at radius 2 is 1.70 bits per heavy atom. The van der Waals surface area contributed by atoms with Gasteiger partial charge in [0.05, 0.1) is 6.10 Å². The lowest BCUT2D eigenvalue weighted by Crippen LogP contribution is -2.38. The molecule has 1 saturated carbocycles. The first-order valence-electron chi connectivity index (χ1n) is 7.45. The lowest BCUT2D eigenvalue weighted by molar-refractivity contribution is 0.0817. The maximum atomic E-state index is 10.9. The summed E-state index contributed by atoms with van der Waals surface area (Å²) in [5.74, 6) is 0. The number of pyridine rings is 1. The predicted molar refractivity (Wildman–Crippen MR) is 80.5 cm³/mol. The summed E-state index contributed by atoms with van der Waals surface area (Å²) in [7, 11) is 0. The molecular weight excluding hydrogens is 246 g/mol. The molecule has 1 aliphatic carbocycles. The van der Waals surface area contributed by atoms with Crippen molar-refractivity contribution < 1.29 is 5.11 Å². The minimum absolute atomic E-state index is 0.0845. The highest BCUT2D eigenvalue weighted by atomic mass is 16.3. The Kier molecular flexibility index (Phi) is 3.83. The van der Waals surface area contributed by atoms with Gasteiger partial charge in [0.1, 0.15) is 0 Å². The standard InChI is InChI=1S/C18H21NO/c20-17(14-16-10-4-7-13-19-16)18(11-5-6-12-18)15-8-2-1-3-9-15/h1-4,7-10,13,17,20H,5-6,11-12,14H2. The quantitative estimate of drug-likeness (QED) is 0.919. The van der Waals surface area contributed by atoms with E-state index in [0.29, 0.717) is 6.42 Å². The Morgan fingerprint density at radius 1 is 1.00 bits per heavy atom. The molecule has 1 fully saturated rings. The number of aliphatic hydroxyl groups is 1. The second-order valence-corrected chi connectivity index (χ2v) is 5.77. The molecule has 2 nitrogen and oxygen atoms in total. The average Bonchev–Trinajstić information content (AvgIpc) is 3.00. The van der Waals surface area contributed by atoms with Gasteiger partial charge in [-0.05, 0) is 30.5 Å². The minimum atomic E-state index is -0.359. The number of aliphatic hydroxyl groups excluding tert-OH is 1. The number of aromatic nitrogens is 1. The Morgan fingerprint density at radius 3 is 2.35 bits per heavy atom. The van der Waals surface area contributed by atoms with E-state index < -0.39 is 0 Å². The van der Waals surface area contributed by atoms with Crippen LogP contribution >= 0.6 is 0 Å². The van der Waals surface area contributed by atoms with Crippen molar-refractivity contribution in [1.29, 1.82) is 0 Å². The summed E-state index contributed by atoms with van der Waals surface area (Å²) in [5, 5.41) is 10.9. The van der Waals surface area contributed by atoms with E-state index in [0.717, 1.165) is 18.5 Å². The first-order chi connectivity index (χ1) is 9.81. The number of hydrogen-bond donors (Lipinski definition) is 1. The van der Waals surface area contributed by atoms with Crippen LogP contribution in [0.2, 0.25) is 0 Å². The summed E-state index contributed by atoms with van der Waals surface area (Å²) in [4.78, 5) is 4.35. The van der Waals surface area contributed by atoms with Crippen LogP contribution in [0.4, 0.5) is 0 Å². The van der Waals surface area contributed by atoms with Crippen LogP contribution in [0.5, 0.6) is 0 Å². The van der Waals surface area contributed by atoms with Gasteiger partial charge in [0.2, 0.25) is 0 Å². The van der Waals surface area contributed by atoms with E-state index in [1.807, 2.05) is 24.3 Å². The molecule has 0 spiro atoms. The summed E-state index contributed by atoms with van der Waals surface area (Å²) in [6, 6.07) is 16.4. The molecule has 1 N–H and O–H groups in total. The molecule has 2 aromatic rings. The lowest BCUT2D eigenvalue weighted by Gasteiger charge is -2.35. The maximum absolute atomic E-state index is 10.9. The van der Waals surface area contributed by atoms with Crippen LogP contribution in [0.1, 0.15) is 36.9 Å². The zero-order valence-electron chi connectivity index (χ0n) is 11.7. The summed E-state index contributed by atoms with van der Waals surface area (Å²) < 4.78 is 0. The summed E-state index contributed by atoms with van der Waals surface area (Å²) in [6.07, 6.45) is 6.63. The Hall–Kier alpha value is -1.67. The molecule has 1 unspecified atom stereocenters. The van der Waals surface area contributed by atoms with E-state index in [2.05, 4.69) is 29.2 Å². The highest BCUT2D eigenvalue weighted by molar-refractivity contribution is 5.29. The highest BCUT2D eigenvalue weighted by Gasteiger charge is 2.41. The number of nitrogens with zero attached hydrogens (tertiary/aromatic N) is 1. The first kappa shape index (κ1) is 13.3. The zero-order chi connectivity index (χ0) is 13.8. The van der Waals surface area contributed by atoms with Crippen LogP contribution in [0.15, 0.2) is 54.7 Å². The van der Waals surface area contributed by atoms with Gasteiger partial charge in [0, 0.05) is 23.7 Å². The van der Waals surface area contributed by atoms with Crippen LogP contribution in [0.25, 0.3) is 0 Å². The number of rotatable bonds is 4. The molecule has 1 aliphatic rings. The van der Waals surface area contributed by atoms with Crippen LogP contribution in [0, 0.1) is 0 Å². The molecule has 2 heteroatoms. The fourth-order valence-corrected chi connectivity index (χ4v) is 3.50. The van der Waals surface area contributed by atoms with Crippen LogP contribution in [0.3, 0.4) is 0 Å². The van der Waals surface area contributed by atoms with Crippen molar-refractivity contribution in [3.05, 3.63) is 66.0 Å². The molecule has 0 bridgehead atoms. The van der Waals surface area contributed by atoms with E-state index in [4.69, 9.17) is 0 Å². The van der Waals surface area contributed by atoms with E-state index in [1.54, 1.807) is 6.20 Å². The van der Waals surface area contributed by atoms with Gasteiger partial charge in [-0.25, -0.2) is 0 Å². The van der Waals surface area contributed by atoms with Gasteiger partial charge in [0.15, 0.2) is 0 Å². The lowest BCUT2D eigenvalue weighted by atomic mass is 9.73. The van der Waals surface area contributed by atoms with Gasteiger partial charge >= 0.3 is 0 Å². The Balaban J connectivity index is 1.87. The van der Waals surface area contributed by atoms with Gasteiger partial charge < -0.3 is 5.11 Å². The smallest absolute Gasteiger partial charge is 0.0692 e. The van der Waals surface area contributed by atoms with Gasteiger partial charge in [-0.2, -0.15) is 0 Å². The summed E-state index contributed by atoms with van der Waals surface area (Å²) in [6.45, 7) is 0. The fourth-order valence-electron chi connectivity index (χ4n) is 3.50. The minimum Gasteiger partial charge on any atom is -0.392 e. The number of hydrogen-bond acceptors (Lipinski definition) is 2. The highest BCUT2D eigenvalue weighted by Crippen LogP contribution is 2.44. The van der Waals surface area contributed by atoms with E-state index >= 15 is 0 Å². The van der Waals surface area contributed by atoms with Gasteiger partial charge in [-0.15, -0.1) is 0 Å². The second-order valence-electron chi connectivity index (χ2n) is 5.77. The van der Waals surface area contributed by atoms with Crippen molar-refractivity contribution in [2.24, 2.45) is 0 Å². The first-order valence-corrected chi connectivity index (χ1v) is 7.45. The molecule has 0 aliphatic heterocycles. The molecule has 1 aromatic carbocycles. The zero-order valence-corrected chi connectivity index (χ0v) is 11.7. The average molecular weight is 267 g/mol. The number of benzene rings is 1. The van der Waals surface area contributed by atoms with Crippen molar-refractivity contribution in [3.63, 3.8) is 0 Å². The molecule has 3 rings (SSSR count). The Labute approximate surface area is 120 Å². The molecule has 0 amide bonds. The topological polar surface area (TPSA) is 33.1 Å². The normalized spacial score (nSPS) is 18.9. The molecule has 0 radical (unpaired) electrons. The molecule has 1 atom stereocenters. The van der Waals surface area contributed by atoms with E-state index in [9.17, 15) is 5.11 Å². The molecule has 1 heterocycles. The SMILES string of the molecule is OC(Cc1ccccn1)C1(c2ccccc2)CCCC1. The van der Waals surface area contributed by atoms with Crippen LogP contribution in [-0.4, -0.2) is 16.2 Å². The van der Waals surface area contributed by atoms with Crippen LogP contribution in [-0.2, 0) is 11.8 Å². The molecule has 0 saturated heterocycles. The van der Waals surface area contributed by atoms with E-state index in [1.165, 1.54) is 18.4 Å². The van der Waals surface area contributed by atoms with Crippen molar-refractivity contribution in [3.8, 4) is 0 Å². The van der Waals surface area contributed by atoms with Gasteiger partial charge in [-0.3, -0.25) is 4.98 Å². The van der Waals surface area contributed by atoms with Crippen molar-refractivity contribution in [1.82, 2.24) is 4.98 Å². The molecular formula is C18H21NO. The third-order valence-corrected chi connectivity index (χ3v) is 4.61. The fraction of sp³-hybridized carbons (Fsp3) is 0.389. The predicted octanol–water partition coefficient (Wildman–Crippen LogP) is 3.50. The molecule has 1 aromatic heterocycles. The third kappa shape index (κ3) is 2.48. The van der Waals surface area contributed by atoms with Crippen LogP contribution < -0.4 is 0 Å². The Bertz CT molecular complexity index is 532. The largest absolute Gasteiger partial charge is 0.392 e. The second kappa shape index (κ2) is 5.76. The monoisotopic (exact) mass is 267 g/mol. The van der Waals surface area contributed by atoms with Crippen molar-refractivity contribution in [2.75, 3.05) is 0 Å². The maximum Gasteiger partial charge on any atom is 0.0692 e. The summed E-state index contributed by atoms with van der Waals surface area (Å²) >= 11 is 0. The van der Waals surface area contributed by atoms with Gasteiger partial charge in [-0.1, -0.05) is 49.2 Å². The molecule has 20 heavy (non-hydrogen) atoms.